The van der Waals surface area contributed by atoms with Gasteiger partial charge in [0.1, 0.15) is 6.61 Å². The molecule has 0 fully saturated rings. The number of nitrogens with zero attached hydrogens (tertiary/aromatic N) is 4. The number of methoxy groups -OCH3 is 1. The fraction of sp³-hybridized carbons (Fsp3) is 0.208. The molecule has 0 aliphatic carbocycles. The number of tetrazole rings is 1. The molecule has 35 heavy (non-hydrogen) atoms. The van der Waals surface area contributed by atoms with Crippen LogP contribution in [0.3, 0.4) is 0 Å². The number of hydrogen-bond donors (Lipinski definition) is 1. The summed E-state index contributed by atoms with van der Waals surface area (Å²) in [6.45, 7) is 1.78. The predicted molar refractivity (Wildman–Crippen MR) is 143 cm³/mol. The molecular formula is C24H22BrCl2N5O2S. The number of aromatic nitrogens is 4. The minimum atomic E-state index is 0.344. The molecule has 0 aliphatic heterocycles. The molecule has 0 amide bonds. The topological polar surface area (TPSA) is 74.1 Å². The summed E-state index contributed by atoms with van der Waals surface area (Å²) in [6, 6.07) is 19.1. The first-order chi connectivity index (χ1) is 17.0. The highest BCUT2D eigenvalue weighted by Gasteiger charge is 2.12. The Morgan fingerprint density at radius 2 is 1.86 bits per heavy atom. The van der Waals surface area contributed by atoms with Crippen LogP contribution in [0.25, 0.3) is 5.69 Å². The van der Waals surface area contributed by atoms with Crippen molar-refractivity contribution >= 4 is 50.9 Å². The quantitative estimate of drug-likeness (QED) is 0.164. The Morgan fingerprint density at radius 3 is 2.63 bits per heavy atom. The molecule has 182 valence electrons. The van der Waals surface area contributed by atoms with Crippen molar-refractivity contribution < 1.29 is 9.47 Å². The largest absolute Gasteiger partial charge is 0.493 e. The first kappa shape index (κ1) is 25.8. The van der Waals surface area contributed by atoms with Crippen LogP contribution < -0.4 is 14.8 Å². The molecule has 0 aliphatic rings. The average Bonchev–Trinajstić information content (AvgIpc) is 3.34. The zero-order chi connectivity index (χ0) is 24.6. The molecule has 0 atom stereocenters. The zero-order valence-corrected chi connectivity index (χ0v) is 22.7. The molecule has 0 radical (unpaired) electrons. The van der Waals surface area contributed by atoms with Gasteiger partial charge in [-0.25, -0.2) is 0 Å². The van der Waals surface area contributed by atoms with Gasteiger partial charge in [0.25, 0.3) is 0 Å². The van der Waals surface area contributed by atoms with Crippen molar-refractivity contribution in [3.05, 3.63) is 86.3 Å². The van der Waals surface area contributed by atoms with Gasteiger partial charge < -0.3 is 14.8 Å². The van der Waals surface area contributed by atoms with Crippen LogP contribution in [0.15, 0.2) is 70.3 Å². The van der Waals surface area contributed by atoms with Crippen molar-refractivity contribution in [3.63, 3.8) is 0 Å². The molecular weight excluding hydrogens is 573 g/mol. The van der Waals surface area contributed by atoms with E-state index in [9.17, 15) is 0 Å². The summed E-state index contributed by atoms with van der Waals surface area (Å²) in [7, 11) is 1.63. The summed E-state index contributed by atoms with van der Waals surface area (Å²) in [6.07, 6.45) is 0. The van der Waals surface area contributed by atoms with Crippen molar-refractivity contribution in [1.29, 1.82) is 0 Å². The van der Waals surface area contributed by atoms with Gasteiger partial charge in [-0.05, 0) is 58.0 Å². The third kappa shape index (κ3) is 6.89. The summed E-state index contributed by atoms with van der Waals surface area (Å²) in [5.41, 5.74) is 2.91. The number of para-hydroxylation sites is 1. The van der Waals surface area contributed by atoms with Gasteiger partial charge >= 0.3 is 0 Å². The maximum atomic E-state index is 6.10. The van der Waals surface area contributed by atoms with E-state index in [1.165, 1.54) is 0 Å². The SMILES string of the molecule is COc1cc(CNCCSc2nnnn2-c2ccccc2)c(Br)cc1OCc1ccc(Cl)c(Cl)c1. The van der Waals surface area contributed by atoms with Gasteiger partial charge in [-0.15, -0.1) is 5.10 Å². The molecule has 4 aromatic rings. The lowest BCUT2D eigenvalue weighted by Crippen LogP contribution is -2.17. The van der Waals surface area contributed by atoms with Gasteiger partial charge in [0, 0.05) is 23.3 Å². The number of nitrogens with one attached hydrogen (secondary N) is 1. The summed E-state index contributed by atoms with van der Waals surface area (Å²) in [5, 5.41) is 17.2. The fourth-order valence-corrected chi connectivity index (χ4v) is 4.78. The number of rotatable bonds is 11. The Bertz CT molecular complexity index is 1280. The standard InChI is InChI=1S/C24H22BrCl2N5O2S/c1-33-22-12-17(19(25)13-23(22)34-15-16-7-8-20(26)21(27)11-16)14-28-9-10-35-24-29-30-31-32(24)18-5-3-2-4-6-18/h2-8,11-13,28H,9-10,14-15H2,1H3. The third-order valence-electron chi connectivity index (χ3n) is 4.98. The molecule has 0 bridgehead atoms. The molecule has 4 rings (SSSR count). The van der Waals surface area contributed by atoms with Crippen LogP contribution in [0.1, 0.15) is 11.1 Å². The van der Waals surface area contributed by atoms with E-state index in [-0.39, 0.29) is 0 Å². The van der Waals surface area contributed by atoms with E-state index in [0.29, 0.717) is 34.7 Å². The Morgan fingerprint density at radius 1 is 1.03 bits per heavy atom. The minimum absolute atomic E-state index is 0.344. The minimum Gasteiger partial charge on any atom is -0.493 e. The monoisotopic (exact) mass is 593 g/mol. The van der Waals surface area contributed by atoms with Crippen LogP contribution in [0.5, 0.6) is 11.5 Å². The zero-order valence-electron chi connectivity index (χ0n) is 18.7. The van der Waals surface area contributed by atoms with Gasteiger partial charge in [-0.1, -0.05) is 75.2 Å². The van der Waals surface area contributed by atoms with Crippen LogP contribution in [-0.2, 0) is 13.2 Å². The summed E-state index contributed by atoms with van der Waals surface area (Å²) >= 11 is 17.3. The fourth-order valence-electron chi connectivity index (χ4n) is 3.21. The maximum absolute atomic E-state index is 6.10. The molecule has 3 aromatic carbocycles. The summed E-state index contributed by atoms with van der Waals surface area (Å²) in [4.78, 5) is 0. The molecule has 0 spiro atoms. The van der Waals surface area contributed by atoms with E-state index in [4.69, 9.17) is 32.7 Å². The molecule has 0 saturated carbocycles. The van der Waals surface area contributed by atoms with Crippen LogP contribution in [0.4, 0.5) is 0 Å². The lowest BCUT2D eigenvalue weighted by atomic mass is 10.2. The molecule has 1 heterocycles. The van der Waals surface area contributed by atoms with E-state index in [1.54, 1.807) is 35.7 Å². The second-order valence-corrected chi connectivity index (χ2v) is 10.1. The first-order valence-corrected chi connectivity index (χ1v) is 13.2. The number of thioether (sulfide) groups is 1. The second-order valence-electron chi connectivity index (χ2n) is 7.37. The Labute approximate surface area is 226 Å². The summed E-state index contributed by atoms with van der Waals surface area (Å²) < 4.78 is 14.2. The second kappa shape index (κ2) is 12.6. The van der Waals surface area contributed by atoms with E-state index in [0.717, 1.165) is 38.7 Å². The lowest BCUT2D eigenvalue weighted by Gasteiger charge is -2.15. The average molecular weight is 595 g/mol. The van der Waals surface area contributed by atoms with Gasteiger partial charge in [-0.2, -0.15) is 4.68 Å². The van der Waals surface area contributed by atoms with E-state index in [1.807, 2.05) is 48.5 Å². The Hall–Kier alpha value is -2.30. The van der Waals surface area contributed by atoms with Crippen molar-refractivity contribution in [2.75, 3.05) is 19.4 Å². The van der Waals surface area contributed by atoms with Crippen LogP contribution in [0, 0.1) is 0 Å². The number of hydrogen-bond acceptors (Lipinski definition) is 7. The first-order valence-electron chi connectivity index (χ1n) is 10.7. The number of benzene rings is 3. The molecule has 1 aromatic heterocycles. The molecule has 0 unspecified atom stereocenters. The maximum Gasteiger partial charge on any atom is 0.214 e. The molecule has 0 saturated heterocycles. The van der Waals surface area contributed by atoms with Gasteiger partial charge in [0.05, 0.1) is 22.8 Å². The van der Waals surface area contributed by atoms with E-state index >= 15 is 0 Å². The van der Waals surface area contributed by atoms with Gasteiger partial charge in [0.15, 0.2) is 11.5 Å². The Balaban J connectivity index is 1.30. The van der Waals surface area contributed by atoms with Crippen molar-refractivity contribution in [3.8, 4) is 17.2 Å². The lowest BCUT2D eigenvalue weighted by molar-refractivity contribution is 0.284. The smallest absolute Gasteiger partial charge is 0.214 e. The number of halogens is 3. The molecule has 1 N–H and O–H groups in total. The van der Waals surface area contributed by atoms with Crippen molar-refractivity contribution in [2.45, 2.75) is 18.3 Å². The van der Waals surface area contributed by atoms with E-state index < -0.39 is 0 Å². The molecule has 7 nitrogen and oxygen atoms in total. The van der Waals surface area contributed by atoms with Crippen LogP contribution in [-0.4, -0.2) is 39.6 Å². The highest BCUT2D eigenvalue weighted by molar-refractivity contribution is 9.10. The highest BCUT2D eigenvalue weighted by Crippen LogP contribution is 2.34. The van der Waals surface area contributed by atoms with Gasteiger partial charge in [-0.3, -0.25) is 0 Å². The predicted octanol–water partition coefficient (Wildman–Crippen LogP) is 6.20. The normalized spacial score (nSPS) is 11.0. The third-order valence-corrected chi connectivity index (χ3v) is 7.38. The number of ether oxygens (including phenoxy) is 2. The molecule has 11 heteroatoms. The van der Waals surface area contributed by atoms with Crippen molar-refractivity contribution in [1.82, 2.24) is 25.5 Å². The summed E-state index contributed by atoms with van der Waals surface area (Å²) in [5.74, 6) is 2.10. The van der Waals surface area contributed by atoms with Gasteiger partial charge in [0.2, 0.25) is 5.16 Å². The van der Waals surface area contributed by atoms with E-state index in [2.05, 4.69) is 36.8 Å². The van der Waals surface area contributed by atoms with Crippen molar-refractivity contribution in [2.24, 2.45) is 0 Å². The van der Waals surface area contributed by atoms with Crippen LogP contribution >= 0.6 is 50.9 Å². The highest BCUT2D eigenvalue weighted by atomic mass is 79.9. The Kier molecular flexibility index (Phi) is 9.28. The van der Waals surface area contributed by atoms with Crippen LogP contribution in [0.2, 0.25) is 10.0 Å².